The number of hydrogen-bond acceptors (Lipinski definition) is 0. The molecule has 1 N–H and O–H groups in total. The van der Waals surface area contributed by atoms with Crippen LogP contribution in [0.3, 0.4) is 0 Å². The second-order valence-corrected chi connectivity index (χ2v) is 2.85. The lowest BCUT2D eigenvalue weighted by Gasteiger charge is -1.84. The molecule has 0 atom stereocenters. The fraction of sp³-hybridized carbons (Fsp3) is 0.0909. The van der Waals surface area contributed by atoms with Gasteiger partial charge in [-0.2, -0.15) is 0 Å². The first-order valence-corrected chi connectivity index (χ1v) is 4.05. The molecule has 0 radical (unpaired) electrons. The van der Waals surface area contributed by atoms with Crippen LogP contribution in [-0.2, 0) is 0 Å². The number of H-pyrrole nitrogens is 1. The van der Waals surface area contributed by atoms with E-state index < -0.39 is 0 Å². The third kappa shape index (κ3) is 0.866. The van der Waals surface area contributed by atoms with Gasteiger partial charge in [0, 0.05) is 16.3 Å². The van der Waals surface area contributed by atoms with Gasteiger partial charge in [0.1, 0.15) is 0 Å². The summed E-state index contributed by atoms with van der Waals surface area (Å²) in [6, 6.07) is 8.21. The van der Waals surface area contributed by atoms with Gasteiger partial charge in [-0.05, 0) is 18.2 Å². The summed E-state index contributed by atoms with van der Waals surface area (Å²) in [6.45, 7) is 6.03. The third-order valence-electron chi connectivity index (χ3n) is 2.14. The van der Waals surface area contributed by atoms with Crippen LogP contribution in [0.15, 0.2) is 24.3 Å². The number of aromatic nitrogens is 1. The highest BCUT2D eigenvalue weighted by atomic mass is 14.7. The van der Waals surface area contributed by atoms with Crippen molar-refractivity contribution < 1.29 is 0 Å². The smallest absolute Gasteiger partial charge is 0.0464 e. The molecule has 12 heavy (non-hydrogen) atoms. The average molecular weight is 157 g/mol. The van der Waals surface area contributed by atoms with Crippen LogP contribution in [0.4, 0.5) is 0 Å². The number of hydrogen-bond donors (Lipinski definition) is 1. The summed E-state index contributed by atoms with van der Waals surface area (Å²) >= 11 is 0. The molecule has 1 nitrogen and oxygen atoms in total. The van der Waals surface area contributed by atoms with Gasteiger partial charge in [0.15, 0.2) is 0 Å². The van der Waals surface area contributed by atoms with E-state index in [4.69, 9.17) is 0 Å². The molecular weight excluding hydrogens is 146 g/mol. The minimum Gasteiger partial charge on any atom is -0.355 e. The van der Waals surface area contributed by atoms with Crippen molar-refractivity contribution in [1.29, 1.82) is 0 Å². The topological polar surface area (TPSA) is 15.8 Å². The summed E-state index contributed by atoms with van der Waals surface area (Å²) in [5.41, 5.74) is 1.16. The van der Waals surface area contributed by atoms with Gasteiger partial charge in [-0.15, -0.1) is 0 Å². The molecule has 0 saturated carbocycles. The molecule has 1 aromatic carbocycles. The molecular formula is C11H11N. The molecule has 0 spiro atoms. The van der Waals surface area contributed by atoms with Gasteiger partial charge in [-0.25, -0.2) is 0 Å². The van der Waals surface area contributed by atoms with Crippen molar-refractivity contribution in [3.05, 3.63) is 34.8 Å². The van der Waals surface area contributed by atoms with Crippen LogP contribution in [0.2, 0.25) is 0 Å². The first-order chi connectivity index (χ1) is 5.83. The van der Waals surface area contributed by atoms with Crippen molar-refractivity contribution in [1.82, 2.24) is 4.98 Å². The third-order valence-corrected chi connectivity index (χ3v) is 2.14. The first-order valence-electron chi connectivity index (χ1n) is 4.05. The highest BCUT2D eigenvalue weighted by Crippen LogP contribution is 2.02. The molecule has 0 fully saturated rings. The van der Waals surface area contributed by atoms with Crippen LogP contribution in [-0.4, -0.2) is 4.98 Å². The number of aromatic amines is 1. The molecule has 0 aliphatic rings. The largest absolute Gasteiger partial charge is 0.355 e. The zero-order valence-electron chi connectivity index (χ0n) is 7.09. The van der Waals surface area contributed by atoms with E-state index >= 15 is 0 Å². The Labute approximate surface area is 71.0 Å². The fourth-order valence-electron chi connectivity index (χ4n) is 1.47. The van der Waals surface area contributed by atoms with Gasteiger partial charge in [-0.3, -0.25) is 0 Å². The Morgan fingerprint density at radius 1 is 1.33 bits per heavy atom. The van der Waals surface area contributed by atoms with Gasteiger partial charge in [0.2, 0.25) is 0 Å². The molecule has 2 rings (SSSR count). The van der Waals surface area contributed by atoms with E-state index in [-0.39, 0.29) is 0 Å². The van der Waals surface area contributed by atoms with E-state index in [0.717, 1.165) is 16.1 Å². The van der Waals surface area contributed by atoms with Gasteiger partial charge in [-0.1, -0.05) is 30.9 Å². The lowest BCUT2D eigenvalue weighted by Crippen LogP contribution is -2.19. The Kier molecular flexibility index (Phi) is 1.51. The minimum absolute atomic E-state index is 1.09. The molecule has 0 aliphatic carbocycles. The van der Waals surface area contributed by atoms with Crippen LogP contribution in [0.1, 0.15) is 6.92 Å². The Bertz CT molecular complexity index is 505. The number of benzene rings is 1. The van der Waals surface area contributed by atoms with Crippen molar-refractivity contribution in [2.24, 2.45) is 0 Å². The summed E-state index contributed by atoms with van der Waals surface area (Å²) in [7, 11) is 0. The van der Waals surface area contributed by atoms with E-state index in [0.29, 0.717) is 0 Å². The van der Waals surface area contributed by atoms with Gasteiger partial charge in [0.25, 0.3) is 0 Å². The second-order valence-electron chi connectivity index (χ2n) is 2.85. The lowest BCUT2D eigenvalue weighted by atomic mass is 10.2. The maximum Gasteiger partial charge on any atom is 0.0464 e. The normalized spacial score (nSPS) is 12.6. The number of nitrogens with one attached hydrogen (secondary N) is 1. The first kappa shape index (κ1) is 7.17. The summed E-state index contributed by atoms with van der Waals surface area (Å²) in [6.07, 6.45) is 2.04. The van der Waals surface area contributed by atoms with E-state index in [2.05, 4.69) is 23.7 Å². The Morgan fingerprint density at radius 3 is 2.75 bits per heavy atom. The number of rotatable bonds is 0. The van der Waals surface area contributed by atoms with Crippen LogP contribution < -0.4 is 10.6 Å². The van der Waals surface area contributed by atoms with E-state index in [9.17, 15) is 0 Å². The molecule has 1 heteroatoms. The minimum atomic E-state index is 1.09. The van der Waals surface area contributed by atoms with Crippen LogP contribution >= 0.6 is 0 Å². The molecule has 2 aromatic rings. The standard InChI is InChI=1S/C11H11N/c1-3-10-8(2)9-6-4-5-7-11(9)12-10/h3-7,12H,2H2,1H3/b10-3-. The molecule has 0 unspecified atom stereocenters. The number of para-hydroxylation sites is 1. The molecule has 1 heterocycles. The molecule has 0 aliphatic heterocycles. The van der Waals surface area contributed by atoms with Crippen molar-refractivity contribution in [3.63, 3.8) is 0 Å². The number of fused-ring (bicyclic) bond motifs is 1. The predicted molar refractivity (Wildman–Crippen MR) is 53.2 cm³/mol. The highest BCUT2D eigenvalue weighted by molar-refractivity contribution is 5.80. The molecule has 60 valence electrons. The molecule has 1 aromatic heterocycles. The molecule has 0 amide bonds. The maximum atomic E-state index is 4.02. The fourth-order valence-corrected chi connectivity index (χ4v) is 1.47. The summed E-state index contributed by atoms with van der Waals surface area (Å²) in [5.74, 6) is 0. The Morgan fingerprint density at radius 2 is 2.08 bits per heavy atom. The second kappa shape index (κ2) is 2.52. The monoisotopic (exact) mass is 157 g/mol. The quantitative estimate of drug-likeness (QED) is 0.594. The average Bonchev–Trinajstić information content (AvgIpc) is 2.44. The van der Waals surface area contributed by atoms with Crippen molar-refractivity contribution in [2.75, 3.05) is 0 Å². The van der Waals surface area contributed by atoms with Gasteiger partial charge < -0.3 is 4.98 Å². The van der Waals surface area contributed by atoms with Crippen molar-refractivity contribution >= 4 is 23.6 Å². The summed E-state index contributed by atoms with van der Waals surface area (Å²) < 4.78 is 0. The van der Waals surface area contributed by atoms with E-state index in [1.54, 1.807) is 0 Å². The van der Waals surface area contributed by atoms with Crippen LogP contribution in [0, 0.1) is 0 Å². The summed E-state index contributed by atoms with van der Waals surface area (Å²) in [4.78, 5) is 3.30. The van der Waals surface area contributed by atoms with Gasteiger partial charge >= 0.3 is 0 Å². The Hall–Kier alpha value is -1.50. The molecule has 0 saturated heterocycles. The lowest BCUT2D eigenvalue weighted by molar-refractivity contribution is 1.35. The zero-order chi connectivity index (χ0) is 8.55. The van der Waals surface area contributed by atoms with Gasteiger partial charge in [0.05, 0.1) is 0 Å². The van der Waals surface area contributed by atoms with Crippen LogP contribution in [0.5, 0.6) is 0 Å². The Balaban J connectivity index is 3.08. The predicted octanol–water partition coefficient (Wildman–Crippen LogP) is 1.38. The maximum absolute atomic E-state index is 4.02. The van der Waals surface area contributed by atoms with E-state index in [1.165, 1.54) is 5.39 Å². The zero-order valence-corrected chi connectivity index (χ0v) is 7.09. The SMILES string of the molecule is C=c1/c(=C/C)[nH]c2ccccc12. The summed E-state index contributed by atoms with van der Waals surface area (Å²) in [5, 5.41) is 3.43. The van der Waals surface area contributed by atoms with Crippen molar-refractivity contribution in [3.8, 4) is 0 Å². The van der Waals surface area contributed by atoms with Crippen molar-refractivity contribution in [2.45, 2.75) is 6.92 Å². The highest BCUT2D eigenvalue weighted by Gasteiger charge is 1.94. The van der Waals surface area contributed by atoms with E-state index in [1.807, 2.05) is 25.1 Å². The van der Waals surface area contributed by atoms with Crippen LogP contribution in [0.25, 0.3) is 23.6 Å². The molecule has 0 bridgehead atoms.